The number of rotatable bonds is 5. The highest BCUT2D eigenvalue weighted by Gasteiger charge is 2.23. The van der Waals surface area contributed by atoms with Crippen LogP contribution >= 0.6 is 0 Å². The normalized spacial score (nSPS) is 25.9. The molecule has 1 fully saturated rings. The topological polar surface area (TPSA) is 24.5 Å². The predicted molar refractivity (Wildman–Crippen MR) is 59.5 cm³/mol. The first kappa shape index (κ1) is 12.0. The number of likely N-dealkylation sites (tertiary alicyclic amines) is 1. The highest BCUT2D eigenvalue weighted by Crippen LogP contribution is 2.10. The lowest BCUT2D eigenvalue weighted by molar-refractivity contribution is 0.140. The molecule has 1 rings (SSSR count). The molecule has 0 saturated carbocycles. The molecule has 2 unspecified atom stereocenters. The molecule has 0 aromatic carbocycles. The van der Waals surface area contributed by atoms with Gasteiger partial charge in [0.2, 0.25) is 0 Å². The summed E-state index contributed by atoms with van der Waals surface area (Å²) in [6.45, 7) is 7.70. The number of hydrogen-bond acceptors (Lipinski definition) is 3. The van der Waals surface area contributed by atoms with Gasteiger partial charge in [0.05, 0.1) is 6.61 Å². The van der Waals surface area contributed by atoms with Gasteiger partial charge in [-0.15, -0.1) is 0 Å². The average Bonchev–Trinajstić information content (AvgIpc) is 2.50. The van der Waals surface area contributed by atoms with Crippen LogP contribution in [-0.4, -0.2) is 50.8 Å². The molecule has 0 aliphatic carbocycles. The van der Waals surface area contributed by atoms with E-state index in [1.165, 1.54) is 19.5 Å². The molecule has 1 aliphatic heterocycles. The summed E-state index contributed by atoms with van der Waals surface area (Å²) in [7, 11) is 3.96. The Hall–Kier alpha value is -0.120. The van der Waals surface area contributed by atoms with Crippen molar-refractivity contribution < 1.29 is 4.74 Å². The molecule has 1 saturated heterocycles. The van der Waals surface area contributed by atoms with E-state index in [9.17, 15) is 0 Å². The van der Waals surface area contributed by atoms with Gasteiger partial charge in [-0.1, -0.05) is 13.8 Å². The molecule has 0 spiro atoms. The van der Waals surface area contributed by atoms with Crippen molar-refractivity contribution in [3.05, 3.63) is 0 Å². The van der Waals surface area contributed by atoms with E-state index in [-0.39, 0.29) is 0 Å². The van der Waals surface area contributed by atoms with E-state index in [0.717, 1.165) is 6.61 Å². The zero-order chi connectivity index (χ0) is 10.6. The van der Waals surface area contributed by atoms with E-state index >= 15 is 0 Å². The molecule has 3 heteroatoms. The van der Waals surface area contributed by atoms with Crippen molar-refractivity contribution in [1.82, 2.24) is 10.2 Å². The van der Waals surface area contributed by atoms with Crippen LogP contribution in [0.25, 0.3) is 0 Å². The lowest BCUT2D eigenvalue weighted by Crippen LogP contribution is -2.45. The maximum absolute atomic E-state index is 5.23. The Bertz CT molecular complexity index is 161. The van der Waals surface area contributed by atoms with E-state index in [4.69, 9.17) is 4.74 Å². The van der Waals surface area contributed by atoms with Crippen LogP contribution in [0.4, 0.5) is 0 Å². The number of ether oxygens (including phenoxy) is 1. The van der Waals surface area contributed by atoms with E-state index in [0.29, 0.717) is 18.0 Å². The number of nitrogens with zero attached hydrogens (tertiary/aromatic N) is 1. The van der Waals surface area contributed by atoms with Crippen molar-refractivity contribution in [3.63, 3.8) is 0 Å². The highest BCUT2D eigenvalue weighted by atomic mass is 16.5. The van der Waals surface area contributed by atoms with Gasteiger partial charge in [0.1, 0.15) is 0 Å². The Morgan fingerprint density at radius 2 is 2.21 bits per heavy atom. The molecule has 1 aliphatic rings. The van der Waals surface area contributed by atoms with Crippen molar-refractivity contribution >= 4 is 0 Å². The third-order valence-corrected chi connectivity index (χ3v) is 2.99. The monoisotopic (exact) mass is 200 g/mol. The maximum Gasteiger partial charge on any atom is 0.0618 e. The van der Waals surface area contributed by atoms with Gasteiger partial charge < -0.3 is 15.0 Å². The van der Waals surface area contributed by atoms with E-state index in [1.807, 2.05) is 0 Å². The first-order valence-corrected chi connectivity index (χ1v) is 5.57. The number of nitrogens with one attached hydrogen (secondary N) is 1. The highest BCUT2D eigenvalue weighted by molar-refractivity contribution is 4.83. The van der Waals surface area contributed by atoms with Crippen LogP contribution in [0.5, 0.6) is 0 Å². The third-order valence-electron chi connectivity index (χ3n) is 2.99. The molecular weight excluding hydrogens is 176 g/mol. The smallest absolute Gasteiger partial charge is 0.0618 e. The Morgan fingerprint density at radius 1 is 1.50 bits per heavy atom. The third kappa shape index (κ3) is 3.56. The summed E-state index contributed by atoms with van der Waals surface area (Å²) >= 11 is 0. The van der Waals surface area contributed by atoms with Gasteiger partial charge >= 0.3 is 0 Å². The average molecular weight is 200 g/mol. The molecule has 1 heterocycles. The number of hydrogen-bond donors (Lipinski definition) is 1. The lowest BCUT2D eigenvalue weighted by Gasteiger charge is -2.25. The fraction of sp³-hybridized carbons (Fsp3) is 1.00. The SMILES string of the molecule is COCC(NC1CCN(C)C1)C(C)C. The predicted octanol–water partition coefficient (Wildman–Crippen LogP) is 0.951. The van der Waals surface area contributed by atoms with Gasteiger partial charge in [-0.2, -0.15) is 0 Å². The van der Waals surface area contributed by atoms with Crippen LogP contribution in [0.3, 0.4) is 0 Å². The van der Waals surface area contributed by atoms with Crippen LogP contribution < -0.4 is 5.32 Å². The maximum atomic E-state index is 5.23. The minimum absolute atomic E-state index is 0.497. The van der Waals surface area contributed by atoms with E-state index in [1.54, 1.807) is 7.11 Å². The molecule has 1 N–H and O–H groups in total. The van der Waals surface area contributed by atoms with Gasteiger partial charge in [-0.3, -0.25) is 0 Å². The molecule has 2 atom stereocenters. The minimum atomic E-state index is 0.497. The van der Waals surface area contributed by atoms with Gasteiger partial charge in [0.25, 0.3) is 0 Å². The summed E-state index contributed by atoms with van der Waals surface area (Å²) in [6, 6.07) is 1.15. The van der Waals surface area contributed by atoms with Crippen LogP contribution in [-0.2, 0) is 4.74 Å². The standard InChI is InChI=1S/C11H24N2O/c1-9(2)11(8-14-4)12-10-5-6-13(3)7-10/h9-12H,5-8H2,1-4H3. The number of likely N-dealkylation sites (N-methyl/N-ethyl adjacent to an activating group) is 1. The molecule has 0 amide bonds. The van der Waals surface area contributed by atoms with Crippen LogP contribution in [0.1, 0.15) is 20.3 Å². The van der Waals surface area contributed by atoms with Gasteiger partial charge in [-0.05, 0) is 25.9 Å². The summed E-state index contributed by atoms with van der Waals surface area (Å²) in [6.07, 6.45) is 1.27. The van der Waals surface area contributed by atoms with E-state index < -0.39 is 0 Å². The van der Waals surface area contributed by atoms with Crippen molar-refractivity contribution in [2.75, 3.05) is 33.9 Å². The zero-order valence-corrected chi connectivity index (χ0v) is 9.92. The number of methoxy groups -OCH3 is 1. The summed E-state index contributed by atoms with van der Waals surface area (Å²) in [5, 5.41) is 3.68. The summed E-state index contributed by atoms with van der Waals surface area (Å²) in [5.41, 5.74) is 0. The molecule has 0 bridgehead atoms. The first-order valence-electron chi connectivity index (χ1n) is 5.57. The molecular formula is C11H24N2O. The summed E-state index contributed by atoms with van der Waals surface area (Å²) in [5.74, 6) is 0.640. The Labute approximate surface area is 87.8 Å². The van der Waals surface area contributed by atoms with Gasteiger partial charge in [0.15, 0.2) is 0 Å². The molecule has 0 aromatic rings. The largest absolute Gasteiger partial charge is 0.383 e. The Balaban J connectivity index is 2.31. The second-order valence-corrected chi connectivity index (χ2v) is 4.72. The van der Waals surface area contributed by atoms with Crippen molar-refractivity contribution in [1.29, 1.82) is 0 Å². The summed E-state index contributed by atoms with van der Waals surface area (Å²) in [4.78, 5) is 2.38. The molecule has 14 heavy (non-hydrogen) atoms. The zero-order valence-electron chi connectivity index (χ0n) is 9.92. The van der Waals surface area contributed by atoms with Crippen molar-refractivity contribution in [3.8, 4) is 0 Å². The Kier molecular flexibility index (Phi) is 4.85. The second-order valence-electron chi connectivity index (χ2n) is 4.72. The van der Waals surface area contributed by atoms with E-state index in [2.05, 4.69) is 31.1 Å². The fourth-order valence-electron chi connectivity index (χ4n) is 1.99. The Morgan fingerprint density at radius 3 is 2.64 bits per heavy atom. The van der Waals surface area contributed by atoms with Crippen molar-refractivity contribution in [2.24, 2.45) is 5.92 Å². The van der Waals surface area contributed by atoms with Crippen LogP contribution in [0.2, 0.25) is 0 Å². The molecule has 0 radical (unpaired) electrons. The van der Waals surface area contributed by atoms with Crippen LogP contribution in [0.15, 0.2) is 0 Å². The summed E-state index contributed by atoms with van der Waals surface area (Å²) < 4.78 is 5.23. The molecule has 3 nitrogen and oxygen atoms in total. The fourth-order valence-corrected chi connectivity index (χ4v) is 1.99. The molecule has 0 aromatic heterocycles. The quantitative estimate of drug-likeness (QED) is 0.715. The lowest BCUT2D eigenvalue weighted by atomic mass is 10.0. The first-order chi connectivity index (χ1) is 6.63. The minimum Gasteiger partial charge on any atom is -0.383 e. The van der Waals surface area contributed by atoms with Gasteiger partial charge in [0, 0.05) is 25.7 Å². The van der Waals surface area contributed by atoms with Crippen LogP contribution in [0, 0.1) is 5.92 Å². The molecule has 84 valence electrons. The second kappa shape index (κ2) is 5.69. The van der Waals surface area contributed by atoms with Gasteiger partial charge in [-0.25, -0.2) is 0 Å². The van der Waals surface area contributed by atoms with Crippen molar-refractivity contribution in [2.45, 2.75) is 32.4 Å².